The highest BCUT2D eigenvalue weighted by Gasteiger charge is 2.35. The van der Waals surface area contributed by atoms with Crippen LogP contribution in [0.3, 0.4) is 0 Å². The number of morpholine rings is 1. The van der Waals surface area contributed by atoms with Crippen molar-refractivity contribution in [3.8, 4) is 0 Å². The zero-order valence-corrected chi connectivity index (χ0v) is 13.8. The molecule has 1 aliphatic rings. The first-order valence-electron chi connectivity index (χ1n) is 7.44. The summed E-state index contributed by atoms with van der Waals surface area (Å²) in [4.78, 5) is 14.3. The van der Waals surface area contributed by atoms with E-state index < -0.39 is 5.54 Å². The quantitative estimate of drug-likeness (QED) is 0.863. The lowest BCUT2D eigenvalue weighted by molar-refractivity contribution is -0.130. The number of amides is 1. The summed E-state index contributed by atoms with van der Waals surface area (Å²) in [6, 6.07) is 7.31. The molecule has 0 saturated carbocycles. The number of aliphatic hydroxyl groups excluding tert-OH is 1. The standard InChI is InChI=1S/C16H23ClN2O3/c1-12(13-5-3-4-6-14(13)17)18-15(21)9-19-7-8-22-11-16(19,2)10-20/h3-6,12,20H,7-11H2,1-2H3,(H,18,21)/t12-,16+/m0/s1. The van der Waals surface area contributed by atoms with Gasteiger partial charge in [0.1, 0.15) is 0 Å². The summed E-state index contributed by atoms with van der Waals surface area (Å²) < 4.78 is 5.40. The Bertz CT molecular complexity index is 526. The van der Waals surface area contributed by atoms with E-state index in [-0.39, 0.29) is 25.1 Å². The zero-order chi connectivity index (χ0) is 16.2. The molecule has 1 fully saturated rings. The monoisotopic (exact) mass is 326 g/mol. The average Bonchev–Trinajstić information content (AvgIpc) is 2.50. The van der Waals surface area contributed by atoms with E-state index in [1.165, 1.54) is 0 Å². The summed E-state index contributed by atoms with van der Waals surface area (Å²) >= 11 is 6.15. The van der Waals surface area contributed by atoms with Gasteiger partial charge in [0.05, 0.1) is 37.9 Å². The number of nitrogens with zero attached hydrogens (tertiary/aromatic N) is 1. The number of rotatable bonds is 5. The molecule has 1 saturated heterocycles. The van der Waals surface area contributed by atoms with Gasteiger partial charge in [-0.05, 0) is 25.5 Å². The van der Waals surface area contributed by atoms with E-state index in [0.717, 1.165) is 5.56 Å². The lowest BCUT2D eigenvalue weighted by Gasteiger charge is -2.43. The van der Waals surface area contributed by atoms with Gasteiger partial charge >= 0.3 is 0 Å². The third-order valence-electron chi connectivity index (χ3n) is 4.11. The van der Waals surface area contributed by atoms with E-state index in [0.29, 0.717) is 24.8 Å². The molecule has 6 heteroatoms. The molecule has 22 heavy (non-hydrogen) atoms. The zero-order valence-electron chi connectivity index (χ0n) is 13.0. The third kappa shape index (κ3) is 3.98. The van der Waals surface area contributed by atoms with Crippen molar-refractivity contribution in [1.29, 1.82) is 0 Å². The van der Waals surface area contributed by atoms with Crippen LogP contribution in [0.2, 0.25) is 5.02 Å². The first kappa shape index (κ1) is 17.2. The lowest BCUT2D eigenvalue weighted by Crippen LogP contribution is -2.59. The van der Waals surface area contributed by atoms with Gasteiger partial charge in [-0.1, -0.05) is 29.8 Å². The van der Waals surface area contributed by atoms with Crippen LogP contribution in [-0.4, -0.2) is 54.4 Å². The van der Waals surface area contributed by atoms with Gasteiger partial charge in [-0.15, -0.1) is 0 Å². The Morgan fingerprint density at radius 1 is 1.55 bits per heavy atom. The largest absolute Gasteiger partial charge is 0.394 e. The van der Waals surface area contributed by atoms with Crippen LogP contribution in [0, 0.1) is 0 Å². The molecule has 122 valence electrons. The predicted octanol–water partition coefficient (Wildman–Crippen LogP) is 1.60. The maximum Gasteiger partial charge on any atom is 0.234 e. The van der Waals surface area contributed by atoms with Crippen LogP contribution < -0.4 is 5.32 Å². The van der Waals surface area contributed by atoms with Crippen LogP contribution in [0.4, 0.5) is 0 Å². The first-order valence-corrected chi connectivity index (χ1v) is 7.81. The molecule has 0 unspecified atom stereocenters. The predicted molar refractivity (Wildman–Crippen MR) is 85.9 cm³/mol. The molecule has 0 bridgehead atoms. The van der Waals surface area contributed by atoms with E-state index in [1.807, 2.05) is 43.0 Å². The van der Waals surface area contributed by atoms with Crippen molar-refractivity contribution < 1.29 is 14.6 Å². The van der Waals surface area contributed by atoms with Crippen LogP contribution in [0.1, 0.15) is 25.5 Å². The van der Waals surface area contributed by atoms with E-state index in [9.17, 15) is 9.90 Å². The smallest absolute Gasteiger partial charge is 0.234 e. The SMILES string of the molecule is C[C@H](NC(=O)CN1CCOC[C@@]1(C)CO)c1ccccc1Cl. The average molecular weight is 327 g/mol. The summed E-state index contributed by atoms with van der Waals surface area (Å²) in [5.74, 6) is -0.0889. The van der Waals surface area contributed by atoms with Gasteiger partial charge in [-0.3, -0.25) is 9.69 Å². The van der Waals surface area contributed by atoms with Crippen LogP contribution in [0.5, 0.6) is 0 Å². The van der Waals surface area contributed by atoms with Crippen LogP contribution in [-0.2, 0) is 9.53 Å². The van der Waals surface area contributed by atoms with Crippen molar-refractivity contribution in [2.75, 3.05) is 32.9 Å². The minimum atomic E-state index is -0.511. The van der Waals surface area contributed by atoms with Crippen molar-refractivity contribution in [3.05, 3.63) is 34.9 Å². The Kier molecular flexibility index (Phi) is 5.81. The van der Waals surface area contributed by atoms with Gasteiger partial charge in [-0.2, -0.15) is 0 Å². The van der Waals surface area contributed by atoms with Gasteiger partial charge in [0, 0.05) is 11.6 Å². The molecule has 1 aromatic rings. The molecule has 0 aliphatic carbocycles. The van der Waals surface area contributed by atoms with Crippen molar-refractivity contribution in [3.63, 3.8) is 0 Å². The maximum atomic E-state index is 12.3. The van der Waals surface area contributed by atoms with Crippen LogP contribution >= 0.6 is 11.6 Å². The summed E-state index contributed by atoms with van der Waals surface area (Å²) in [6.45, 7) is 5.63. The normalized spacial score (nSPS) is 24.0. The van der Waals surface area contributed by atoms with Gasteiger partial charge in [0.15, 0.2) is 0 Å². The highest BCUT2D eigenvalue weighted by atomic mass is 35.5. The second-order valence-electron chi connectivity index (χ2n) is 5.94. The van der Waals surface area contributed by atoms with Gasteiger partial charge < -0.3 is 15.2 Å². The summed E-state index contributed by atoms with van der Waals surface area (Å²) in [5.41, 5.74) is 0.382. The number of aliphatic hydroxyl groups is 1. The fourth-order valence-corrected chi connectivity index (χ4v) is 2.91. The van der Waals surface area contributed by atoms with Crippen molar-refractivity contribution in [1.82, 2.24) is 10.2 Å². The number of benzene rings is 1. The second-order valence-corrected chi connectivity index (χ2v) is 6.35. The van der Waals surface area contributed by atoms with E-state index in [1.54, 1.807) is 0 Å². The van der Waals surface area contributed by atoms with Crippen molar-refractivity contribution in [2.45, 2.75) is 25.4 Å². The Hall–Kier alpha value is -1.14. The Morgan fingerprint density at radius 3 is 2.95 bits per heavy atom. The summed E-state index contributed by atoms with van der Waals surface area (Å²) in [5, 5.41) is 13.2. The number of halogens is 1. The minimum absolute atomic E-state index is 0.0413. The lowest BCUT2D eigenvalue weighted by atomic mass is 10.0. The third-order valence-corrected chi connectivity index (χ3v) is 4.45. The number of nitrogens with one attached hydrogen (secondary N) is 1. The Morgan fingerprint density at radius 2 is 2.27 bits per heavy atom. The first-order chi connectivity index (χ1) is 10.5. The molecule has 2 atom stereocenters. The molecule has 1 aliphatic heterocycles. The number of hydrogen-bond acceptors (Lipinski definition) is 4. The highest BCUT2D eigenvalue weighted by molar-refractivity contribution is 6.31. The van der Waals surface area contributed by atoms with Crippen LogP contribution in [0.25, 0.3) is 0 Å². The van der Waals surface area contributed by atoms with Gasteiger partial charge in [-0.25, -0.2) is 0 Å². The molecule has 1 heterocycles. The molecule has 0 aromatic heterocycles. The highest BCUT2D eigenvalue weighted by Crippen LogP contribution is 2.23. The minimum Gasteiger partial charge on any atom is -0.394 e. The summed E-state index contributed by atoms with van der Waals surface area (Å²) in [7, 11) is 0. The Labute approximate surface area is 136 Å². The molecule has 1 aromatic carbocycles. The second kappa shape index (κ2) is 7.42. The molecular formula is C16H23ClN2O3. The fourth-order valence-electron chi connectivity index (χ4n) is 2.61. The van der Waals surface area contributed by atoms with E-state index >= 15 is 0 Å². The molecule has 2 rings (SSSR count). The maximum absolute atomic E-state index is 12.3. The molecule has 0 spiro atoms. The van der Waals surface area contributed by atoms with E-state index in [2.05, 4.69) is 5.32 Å². The molecule has 5 nitrogen and oxygen atoms in total. The molecule has 2 N–H and O–H groups in total. The van der Waals surface area contributed by atoms with Crippen LogP contribution in [0.15, 0.2) is 24.3 Å². The molecule has 0 radical (unpaired) electrons. The van der Waals surface area contributed by atoms with Crippen molar-refractivity contribution in [2.24, 2.45) is 0 Å². The number of ether oxygens (including phenoxy) is 1. The number of hydrogen-bond donors (Lipinski definition) is 2. The number of carbonyl (C=O) groups excluding carboxylic acids is 1. The van der Waals surface area contributed by atoms with Gasteiger partial charge in [0.2, 0.25) is 5.91 Å². The Balaban J connectivity index is 1.96. The topological polar surface area (TPSA) is 61.8 Å². The number of carbonyl (C=O) groups is 1. The fraction of sp³-hybridized carbons (Fsp3) is 0.562. The summed E-state index contributed by atoms with van der Waals surface area (Å²) in [6.07, 6.45) is 0. The van der Waals surface area contributed by atoms with Gasteiger partial charge in [0.25, 0.3) is 0 Å². The van der Waals surface area contributed by atoms with Crippen molar-refractivity contribution >= 4 is 17.5 Å². The molecule has 1 amide bonds. The molecular weight excluding hydrogens is 304 g/mol. The van der Waals surface area contributed by atoms with E-state index in [4.69, 9.17) is 16.3 Å².